The first-order chi connectivity index (χ1) is 13.6. The van der Waals surface area contributed by atoms with Crippen molar-refractivity contribution in [3.05, 3.63) is 69.0 Å². The molecular formula is C21H19ClN4O2. The van der Waals surface area contributed by atoms with Crippen molar-refractivity contribution in [2.75, 3.05) is 18.0 Å². The van der Waals surface area contributed by atoms with E-state index in [0.717, 1.165) is 48.2 Å². The maximum Gasteiger partial charge on any atom is 0.269 e. The fourth-order valence-corrected chi connectivity index (χ4v) is 3.57. The number of piperidine rings is 1. The second-order valence-electron chi connectivity index (χ2n) is 6.80. The molecule has 6 nitrogen and oxygen atoms in total. The molecule has 1 saturated heterocycles. The first kappa shape index (κ1) is 18.4. The topological polar surface area (TPSA) is 72.2 Å². The van der Waals surface area contributed by atoms with Crippen molar-refractivity contribution in [3.8, 4) is 0 Å². The summed E-state index contributed by atoms with van der Waals surface area (Å²) in [5.41, 5.74) is 1.73. The average molecular weight is 395 g/mol. The average Bonchev–Trinajstić information content (AvgIpc) is 2.72. The summed E-state index contributed by atoms with van der Waals surface area (Å²) in [6.45, 7) is 1.97. The van der Waals surface area contributed by atoms with Crippen molar-refractivity contribution in [1.29, 1.82) is 0 Å². The fourth-order valence-electron chi connectivity index (χ4n) is 3.40. The van der Waals surface area contributed by atoms with E-state index in [0.29, 0.717) is 10.8 Å². The molecule has 0 saturated carbocycles. The number of nitrogens with zero attached hydrogens (tertiary/aromatic N) is 4. The van der Waals surface area contributed by atoms with E-state index in [-0.39, 0.29) is 5.69 Å². The number of nitro groups is 1. The Morgan fingerprint density at radius 2 is 1.75 bits per heavy atom. The summed E-state index contributed by atoms with van der Waals surface area (Å²) >= 11 is 6.18. The fraction of sp³-hybridized carbons (Fsp3) is 0.238. The molecule has 7 heteroatoms. The van der Waals surface area contributed by atoms with Crippen LogP contribution in [0.25, 0.3) is 23.1 Å². The maximum absolute atomic E-state index is 10.8. The minimum atomic E-state index is -0.408. The van der Waals surface area contributed by atoms with Crippen LogP contribution in [0, 0.1) is 10.1 Å². The van der Waals surface area contributed by atoms with Crippen LogP contribution < -0.4 is 4.90 Å². The van der Waals surface area contributed by atoms with Crippen LogP contribution in [0.3, 0.4) is 0 Å². The normalized spacial score (nSPS) is 14.7. The SMILES string of the molecule is O=[N+]([O-])c1ccc(C=Cc2nc(N3CCCCC3)c3ccc(Cl)cc3n2)cc1. The third kappa shape index (κ3) is 3.97. The summed E-state index contributed by atoms with van der Waals surface area (Å²) in [5.74, 6) is 1.53. The van der Waals surface area contributed by atoms with Crippen LogP contribution in [0.1, 0.15) is 30.7 Å². The lowest BCUT2D eigenvalue weighted by molar-refractivity contribution is -0.384. The second kappa shape index (κ2) is 7.94. The molecule has 0 bridgehead atoms. The van der Waals surface area contributed by atoms with Crippen molar-refractivity contribution in [2.45, 2.75) is 19.3 Å². The van der Waals surface area contributed by atoms with Crippen molar-refractivity contribution < 1.29 is 4.92 Å². The van der Waals surface area contributed by atoms with E-state index in [9.17, 15) is 10.1 Å². The lowest BCUT2D eigenvalue weighted by Crippen LogP contribution is -2.30. The van der Waals surface area contributed by atoms with Crippen molar-refractivity contribution >= 4 is 46.2 Å². The summed E-state index contributed by atoms with van der Waals surface area (Å²) in [6, 6.07) is 12.1. The molecule has 0 spiro atoms. The molecule has 2 heterocycles. The molecule has 1 fully saturated rings. The first-order valence-corrected chi connectivity index (χ1v) is 9.63. The van der Waals surface area contributed by atoms with Crippen LogP contribution in [-0.2, 0) is 0 Å². The molecular weight excluding hydrogens is 376 g/mol. The monoisotopic (exact) mass is 394 g/mol. The second-order valence-corrected chi connectivity index (χ2v) is 7.23. The van der Waals surface area contributed by atoms with E-state index in [4.69, 9.17) is 16.6 Å². The first-order valence-electron chi connectivity index (χ1n) is 9.25. The van der Waals surface area contributed by atoms with Crippen LogP contribution in [0.4, 0.5) is 11.5 Å². The summed E-state index contributed by atoms with van der Waals surface area (Å²) < 4.78 is 0. The van der Waals surface area contributed by atoms with Gasteiger partial charge in [0.1, 0.15) is 5.82 Å². The molecule has 0 radical (unpaired) electrons. The highest BCUT2D eigenvalue weighted by molar-refractivity contribution is 6.31. The highest BCUT2D eigenvalue weighted by atomic mass is 35.5. The van der Waals surface area contributed by atoms with Crippen LogP contribution in [0.15, 0.2) is 42.5 Å². The Bertz CT molecular complexity index is 1040. The van der Waals surface area contributed by atoms with Crippen molar-refractivity contribution in [1.82, 2.24) is 9.97 Å². The molecule has 3 aromatic rings. The summed E-state index contributed by atoms with van der Waals surface area (Å²) in [7, 11) is 0. The van der Waals surface area contributed by atoms with Crippen molar-refractivity contribution in [3.63, 3.8) is 0 Å². The summed E-state index contributed by atoms with van der Waals surface area (Å²) in [4.78, 5) is 22.1. The Hall–Kier alpha value is -2.99. The summed E-state index contributed by atoms with van der Waals surface area (Å²) in [5, 5.41) is 12.4. The van der Waals surface area contributed by atoms with E-state index < -0.39 is 4.92 Å². The molecule has 2 aromatic carbocycles. The zero-order chi connectivity index (χ0) is 19.5. The van der Waals surface area contributed by atoms with Gasteiger partial charge in [0, 0.05) is 35.6 Å². The van der Waals surface area contributed by atoms with Crippen LogP contribution in [0.2, 0.25) is 5.02 Å². The van der Waals surface area contributed by atoms with Gasteiger partial charge in [0.05, 0.1) is 10.4 Å². The Balaban J connectivity index is 1.70. The number of nitro benzene ring substituents is 1. The Kier molecular flexibility index (Phi) is 5.21. The van der Waals surface area contributed by atoms with Gasteiger partial charge in [-0.25, -0.2) is 9.97 Å². The van der Waals surface area contributed by atoms with E-state index >= 15 is 0 Å². The number of non-ortho nitro benzene ring substituents is 1. The van der Waals surface area contributed by atoms with Gasteiger partial charge >= 0.3 is 0 Å². The predicted molar refractivity (Wildman–Crippen MR) is 113 cm³/mol. The van der Waals surface area contributed by atoms with Gasteiger partial charge in [-0.15, -0.1) is 0 Å². The van der Waals surface area contributed by atoms with Crippen LogP contribution >= 0.6 is 11.6 Å². The number of aromatic nitrogens is 2. The molecule has 0 unspecified atom stereocenters. The van der Waals surface area contributed by atoms with E-state index in [2.05, 4.69) is 9.88 Å². The summed E-state index contributed by atoms with van der Waals surface area (Å²) in [6.07, 6.45) is 7.25. The van der Waals surface area contributed by atoms with Gasteiger partial charge in [-0.2, -0.15) is 0 Å². The molecule has 1 aromatic heterocycles. The van der Waals surface area contributed by atoms with Gasteiger partial charge in [-0.1, -0.05) is 17.7 Å². The Morgan fingerprint density at radius 3 is 2.46 bits per heavy atom. The minimum absolute atomic E-state index is 0.0705. The molecule has 0 aliphatic carbocycles. The predicted octanol–water partition coefficient (Wildman–Crippen LogP) is 5.35. The van der Waals surface area contributed by atoms with Gasteiger partial charge in [-0.3, -0.25) is 10.1 Å². The lowest BCUT2D eigenvalue weighted by atomic mass is 10.1. The van der Waals surface area contributed by atoms with Crippen LogP contribution in [0.5, 0.6) is 0 Å². The van der Waals surface area contributed by atoms with E-state index in [1.165, 1.54) is 18.6 Å². The minimum Gasteiger partial charge on any atom is -0.356 e. The van der Waals surface area contributed by atoms with Gasteiger partial charge < -0.3 is 4.90 Å². The number of anilines is 1. The maximum atomic E-state index is 10.8. The zero-order valence-corrected chi connectivity index (χ0v) is 16.0. The molecule has 142 valence electrons. The number of halogens is 1. The molecule has 0 N–H and O–H groups in total. The third-order valence-corrected chi connectivity index (χ3v) is 5.08. The largest absolute Gasteiger partial charge is 0.356 e. The number of hydrogen-bond acceptors (Lipinski definition) is 5. The smallest absolute Gasteiger partial charge is 0.269 e. The van der Waals surface area contributed by atoms with Gasteiger partial charge in [0.2, 0.25) is 0 Å². The molecule has 0 atom stereocenters. The third-order valence-electron chi connectivity index (χ3n) is 4.84. The lowest BCUT2D eigenvalue weighted by Gasteiger charge is -2.28. The van der Waals surface area contributed by atoms with Gasteiger partial charge in [0.15, 0.2) is 5.82 Å². The van der Waals surface area contributed by atoms with E-state index in [1.54, 1.807) is 12.1 Å². The number of hydrogen-bond donors (Lipinski definition) is 0. The molecule has 4 rings (SSSR count). The van der Waals surface area contributed by atoms with Crippen LogP contribution in [-0.4, -0.2) is 28.0 Å². The van der Waals surface area contributed by atoms with Gasteiger partial charge in [-0.05, 0) is 61.2 Å². The molecule has 28 heavy (non-hydrogen) atoms. The Labute approximate surface area is 167 Å². The molecule has 1 aliphatic heterocycles. The number of benzene rings is 2. The quantitative estimate of drug-likeness (QED) is 0.440. The standard InChI is InChI=1S/C21H19ClN4O2/c22-16-7-10-18-19(14-16)23-20(24-21(18)25-12-2-1-3-13-25)11-6-15-4-8-17(9-5-15)26(27)28/h4-11,14H,1-3,12-13H2. The highest BCUT2D eigenvalue weighted by Crippen LogP contribution is 2.29. The van der Waals surface area contributed by atoms with Gasteiger partial charge in [0.25, 0.3) is 5.69 Å². The Morgan fingerprint density at radius 1 is 1.00 bits per heavy atom. The number of fused-ring (bicyclic) bond motifs is 1. The highest BCUT2D eigenvalue weighted by Gasteiger charge is 2.16. The van der Waals surface area contributed by atoms with Crippen molar-refractivity contribution in [2.24, 2.45) is 0 Å². The number of rotatable bonds is 4. The molecule has 1 aliphatic rings. The molecule has 0 amide bonds. The zero-order valence-electron chi connectivity index (χ0n) is 15.2. The van der Waals surface area contributed by atoms with E-state index in [1.807, 2.05) is 30.4 Å².